The van der Waals surface area contributed by atoms with Crippen LogP contribution in [0.15, 0.2) is 51.1 Å². The summed E-state index contributed by atoms with van der Waals surface area (Å²) in [5.74, 6) is 1.39. The molecule has 6 nitrogen and oxygen atoms in total. The van der Waals surface area contributed by atoms with E-state index in [1.54, 1.807) is 18.2 Å². The molecule has 3 heterocycles. The summed E-state index contributed by atoms with van der Waals surface area (Å²) in [6.07, 6.45) is 17.1. The van der Waals surface area contributed by atoms with Gasteiger partial charge >= 0.3 is 0 Å². The maximum atomic E-state index is 15.6. The van der Waals surface area contributed by atoms with Crippen molar-refractivity contribution >= 4 is 101 Å². The van der Waals surface area contributed by atoms with E-state index in [1.165, 1.54) is 111 Å². The quantitative estimate of drug-likeness (QED) is 0.0304. The molecule has 12 heteroatoms. The molecular weight excluding hydrogens is 778 g/mol. The average Bonchev–Trinajstić information content (AvgIpc) is 3.20. The Balaban J connectivity index is 1.34. The highest BCUT2D eigenvalue weighted by atomic mass is 32.2. The Bertz CT molecular complexity index is 2520. The van der Waals surface area contributed by atoms with Crippen LogP contribution < -0.4 is 0 Å². The number of unbranched alkanes of at least 4 members (excludes halogenated alkanes) is 12. The fraction of sp³-hybridized carbons (Fsp3) is 0.467. The van der Waals surface area contributed by atoms with Crippen LogP contribution in [0.2, 0.25) is 0 Å². The van der Waals surface area contributed by atoms with Gasteiger partial charge in [0.2, 0.25) is 0 Å². The van der Waals surface area contributed by atoms with E-state index in [-0.39, 0.29) is 17.5 Å². The molecule has 300 valence electrons. The van der Waals surface area contributed by atoms with Crippen LogP contribution >= 0.6 is 35.3 Å². The molecule has 0 aliphatic carbocycles. The van der Waals surface area contributed by atoms with E-state index in [4.69, 9.17) is 29.9 Å². The van der Waals surface area contributed by atoms with Crippen LogP contribution in [0.4, 0.5) is 13.2 Å². The zero-order valence-corrected chi connectivity index (χ0v) is 35.7. The molecule has 0 bridgehead atoms. The Morgan fingerprint density at radius 3 is 0.807 bits per heavy atom. The lowest BCUT2D eigenvalue weighted by molar-refractivity contribution is 0.603. The smallest absolute Gasteiger partial charge is 0.139 e. The third-order valence-electron chi connectivity index (χ3n) is 10.3. The molecule has 0 radical (unpaired) electrons. The predicted molar refractivity (Wildman–Crippen MR) is 237 cm³/mol. The van der Waals surface area contributed by atoms with Gasteiger partial charge in [-0.3, -0.25) is 0 Å². The second-order valence-corrected chi connectivity index (χ2v) is 18.3. The highest BCUT2D eigenvalue weighted by Gasteiger charge is 2.21. The van der Waals surface area contributed by atoms with Crippen LogP contribution in [0.3, 0.4) is 0 Å². The number of thioether (sulfide) groups is 3. The third kappa shape index (κ3) is 9.87. The zero-order valence-electron chi connectivity index (χ0n) is 33.2. The number of rotatable bonds is 21. The minimum Gasteiger partial charge on any atom is -0.242 e. The van der Waals surface area contributed by atoms with Gasteiger partial charge in [0.1, 0.15) is 50.6 Å². The number of aromatic nitrogens is 6. The molecule has 3 aromatic heterocycles. The number of hydrogen-bond acceptors (Lipinski definition) is 9. The standard InChI is InChI=1S/C45H51F3N6S3/c1-4-7-10-13-16-19-55-37-25-34-31(22-28(37)46)49-40-41-44(53-35-26-38(29(47)23-32(35)50-41)56-20-17-14-11-8-5-2)45-42(43(40)52-34)51-33-24-30(48)39(27-36(33)54-45)57-21-18-15-12-9-6-3/h22-27H,4-21H2,1-3H3. The van der Waals surface area contributed by atoms with Crippen molar-refractivity contribution in [1.29, 1.82) is 0 Å². The third-order valence-corrected chi connectivity index (χ3v) is 13.7. The van der Waals surface area contributed by atoms with Gasteiger partial charge in [-0.1, -0.05) is 97.8 Å². The summed E-state index contributed by atoms with van der Waals surface area (Å²) in [7, 11) is 0. The second kappa shape index (κ2) is 20.0. The molecule has 0 unspecified atom stereocenters. The minimum atomic E-state index is -0.357. The number of hydrogen-bond donors (Lipinski definition) is 0. The Hall–Kier alpha value is -3.48. The van der Waals surface area contributed by atoms with E-state index in [9.17, 15) is 0 Å². The average molecular weight is 829 g/mol. The molecule has 0 fully saturated rings. The maximum absolute atomic E-state index is 15.6. The summed E-state index contributed by atoms with van der Waals surface area (Å²) in [5.41, 5.74) is 5.11. The molecular formula is C45H51F3N6S3. The van der Waals surface area contributed by atoms with Crippen LogP contribution in [0.5, 0.6) is 0 Å². The van der Waals surface area contributed by atoms with Gasteiger partial charge in [-0.25, -0.2) is 43.1 Å². The van der Waals surface area contributed by atoms with E-state index in [0.29, 0.717) is 80.9 Å². The van der Waals surface area contributed by atoms with Gasteiger partial charge in [0, 0.05) is 32.9 Å². The highest BCUT2D eigenvalue weighted by Crippen LogP contribution is 2.37. The zero-order chi connectivity index (χ0) is 39.7. The van der Waals surface area contributed by atoms with E-state index in [0.717, 1.165) is 55.8 Å². The first-order valence-corrected chi connectivity index (χ1v) is 23.8. The number of benzene rings is 4. The largest absolute Gasteiger partial charge is 0.242 e. The van der Waals surface area contributed by atoms with Crippen molar-refractivity contribution in [3.8, 4) is 0 Å². The molecule has 4 aromatic carbocycles. The molecule has 0 saturated heterocycles. The SMILES string of the molecule is CCCCCCCSc1cc2nc3c(nc2cc1F)c1nc2cc(F)c(SCCCCCCC)cc2nc1c1nc2cc(SCCCCCCC)c(F)cc2nc31. The maximum Gasteiger partial charge on any atom is 0.139 e. The predicted octanol–water partition coefficient (Wildman–Crippen LogP) is 14.6. The van der Waals surface area contributed by atoms with E-state index in [1.807, 2.05) is 0 Å². The van der Waals surface area contributed by atoms with E-state index >= 15 is 13.2 Å². The van der Waals surface area contributed by atoms with Gasteiger partial charge in [0.25, 0.3) is 0 Å². The van der Waals surface area contributed by atoms with Crippen LogP contribution in [0.25, 0.3) is 66.2 Å². The monoisotopic (exact) mass is 828 g/mol. The summed E-state index contributed by atoms with van der Waals surface area (Å²) in [4.78, 5) is 31.6. The lowest BCUT2D eigenvalue weighted by atomic mass is 10.1. The summed E-state index contributed by atoms with van der Waals surface area (Å²) < 4.78 is 46.7. The summed E-state index contributed by atoms with van der Waals surface area (Å²) in [5, 5.41) is 0. The number of nitrogens with zero attached hydrogens (tertiary/aromatic N) is 6. The Kier molecular flexibility index (Phi) is 14.6. The van der Waals surface area contributed by atoms with Crippen molar-refractivity contribution in [2.24, 2.45) is 0 Å². The fourth-order valence-electron chi connectivity index (χ4n) is 7.16. The molecule has 7 aromatic rings. The van der Waals surface area contributed by atoms with E-state index in [2.05, 4.69) is 20.8 Å². The van der Waals surface area contributed by atoms with Crippen LogP contribution in [0, 0.1) is 17.5 Å². The molecule has 0 saturated carbocycles. The molecule has 0 N–H and O–H groups in total. The minimum absolute atomic E-state index is 0.341. The Labute approximate surface area is 345 Å². The van der Waals surface area contributed by atoms with Crippen molar-refractivity contribution in [2.75, 3.05) is 17.3 Å². The number of fused-ring (bicyclic) bond motifs is 9. The number of halogens is 3. The first-order valence-electron chi connectivity index (χ1n) is 20.8. The van der Waals surface area contributed by atoms with Gasteiger partial charge in [0.05, 0.1) is 33.1 Å². The first-order chi connectivity index (χ1) is 27.9. The molecule has 0 atom stereocenters. The van der Waals surface area contributed by atoms with E-state index < -0.39 is 0 Å². The van der Waals surface area contributed by atoms with Gasteiger partial charge in [-0.15, -0.1) is 35.3 Å². The van der Waals surface area contributed by atoms with Crippen LogP contribution in [0.1, 0.15) is 117 Å². The molecule has 0 amide bonds. The van der Waals surface area contributed by atoms with Gasteiger partial charge in [-0.2, -0.15) is 0 Å². The molecule has 0 aliphatic rings. The second-order valence-electron chi connectivity index (χ2n) is 14.9. The summed E-state index contributed by atoms with van der Waals surface area (Å²) in [6, 6.07) is 9.56. The van der Waals surface area contributed by atoms with Crippen molar-refractivity contribution in [2.45, 2.75) is 132 Å². The van der Waals surface area contributed by atoms with Crippen LogP contribution in [-0.2, 0) is 0 Å². The van der Waals surface area contributed by atoms with Crippen molar-refractivity contribution in [3.63, 3.8) is 0 Å². The van der Waals surface area contributed by atoms with Crippen molar-refractivity contribution in [1.82, 2.24) is 29.9 Å². The van der Waals surface area contributed by atoms with Gasteiger partial charge < -0.3 is 0 Å². The topological polar surface area (TPSA) is 77.3 Å². The highest BCUT2D eigenvalue weighted by molar-refractivity contribution is 7.99. The summed E-state index contributed by atoms with van der Waals surface area (Å²) in [6.45, 7) is 6.58. The molecule has 0 spiro atoms. The lowest BCUT2D eigenvalue weighted by Gasteiger charge is -2.12. The van der Waals surface area contributed by atoms with Crippen molar-refractivity contribution < 1.29 is 13.2 Å². The Morgan fingerprint density at radius 2 is 0.561 bits per heavy atom. The van der Waals surface area contributed by atoms with Crippen molar-refractivity contribution in [3.05, 3.63) is 53.8 Å². The normalized spacial score (nSPS) is 12.1. The summed E-state index contributed by atoms with van der Waals surface area (Å²) >= 11 is 4.48. The fourth-order valence-corrected chi connectivity index (χ4v) is 10.0. The molecule has 57 heavy (non-hydrogen) atoms. The Morgan fingerprint density at radius 1 is 0.333 bits per heavy atom. The molecule has 0 aliphatic heterocycles. The first kappa shape index (κ1) is 41.7. The van der Waals surface area contributed by atoms with Crippen LogP contribution in [-0.4, -0.2) is 47.2 Å². The molecule has 7 rings (SSSR count). The lowest BCUT2D eigenvalue weighted by Crippen LogP contribution is -2.00. The van der Waals surface area contributed by atoms with Gasteiger partial charge in [0.15, 0.2) is 0 Å². The van der Waals surface area contributed by atoms with Gasteiger partial charge in [-0.05, 0) is 54.7 Å².